The summed E-state index contributed by atoms with van der Waals surface area (Å²) in [6.07, 6.45) is 0. The van der Waals surface area contributed by atoms with Crippen molar-refractivity contribution in [3.05, 3.63) is 28.2 Å². The summed E-state index contributed by atoms with van der Waals surface area (Å²) in [5.41, 5.74) is 5.74. The van der Waals surface area contributed by atoms with E-state index in [0.717, 1.165) is 0 Å². The third kappa shape index (κ3) is 1.29. The smallest absolute Gasteiger partial charge is 0.0827 e. The van der Waals surface area contributed by atoms with E-state index in [1.54, 1.807) is 12.1 Å². The Kier molecular flexibility index (Phi) is 1.84. The van der Waals surface area contributed by atoms with Gasteiger partial charge in [0, 0.05) is 6.07 Å². The molecular formula is C6H4Cl2N. The molecule has 0 aromatic heterocycles. The number of nitrogen functional groups attached to an aromatic ring is 1. The molecule has 0 spiro atoms. The molecule has 0 amide bonds. The summed E-state index contributed by atoms with van der Waals surface area (Å²) in [6, 6.07) is 5.97. The molecule has 0 saturated heterocycles. The Morgan fingerprint density at radius 1 is 1.44 bits per heavy atom. The van der Waals surface area contributed by atoms with Crippen LogP contribution >= 0.6 is 23.2 Å². The predicted octanol–water partition coefficient (Wildman–Crippen LogP) is 2.38. The van der Waals surface area contributed by atoms with Gasteiger partial charge in [-0.3, -0.25) is 0 Å². The minimum Gasteiger partial charge on any atom is -0.397 e. The number of anilines is 1. The van der Waals surface area contributed by atoms with Crippen LogP contribution in [-0.4, -0.2) is 0 Å². The number of benzene rings is 1. The van der Waals surface area contributed by atoms with Crippen molar-refractivity contribution in [1.29, 1.82) is 0 Å². The van der Waals surface area contributed by atoms with Crippen molar-refractivity contribution in [2.75, 3.05) is 5.73 Å². The van der Waals surface area contributed by atoms with Gasteiger partial charge in [-0.2, -0.15) is 0 Å². The normalized spacial score (nSPS) is 9.56. The molecular weight excluding hydrogens is 157 g/mol. The molecule has 0 heterocycles. The lowest BCUT2D eigenvalue weighted by Crippen LogP contribution is -1.85. The molecule has 0 aliphatic rings. The van der Waals surface area contributed by atoms with Gasteiger partial charge in [-0.05, 0) is 6.07 Å². The van der Waals surface area contributed by atoms with Crippen molar-refractivity contribution in [3.8, 4) is 0 Å². The van der Waals surface area contributed by atoms with Crippen molar-refractivity contribution in [1.82, 2.24) is 0 Å². The van der Waals surface area contributed by atoms with Crippen LogP contribution in [0.2, 0.25) is 10.0 Å². The topological polar surface area (TPSA) is 26.0 Å². The minimum atomic E-state index is 0.374. The second kappa shape index (κ2) is 2.46. The van der Waals surface area contributed by atoms with Crippen LogP contribution in [0.15, 0.2) is 12.1 Å². The second-order valence-corrected chi connectivity index (χ2v) is 2.34. The highest BCUT2D eigenvalue weighted by molar-refractivity contribution is 6.43. The predicted molar refractivity (Wildman–Crippen MR) is 39.7 cm³/mol. The Morgan fingerprint density at radius 3 is 2.56 bits per heavy atom. The van der Waals surface area contributed by atoms with Gasteiger partial charge in [0.05, 0.1) is 15.7 Å². The van der Waals surface area contributed by atoms with Crippen molar-refractivity contribution >= 4 is 28.9 Å². The van der Waals surface area contributed by atoms with Gasteiger partial charge in [-0.1, -0.05) is 29.3 Å². The van der Waals surface area contributed by atoms with E-state index in [0.29, 0.717) is 15.7 Å². The largest absolute Gasteiger partial charge is 0.397 e. The molecule has 1 aromatic carbocycles. The van der Waals surface area contributed by atoms with Crippen LogP contribution in [-0.2, 0) is 0 Å². The maximum absolute atomic E-state index is 5.59. The maximum atomic E-state index is 5.59. The molecule has 0 unspecified atom stereocenters. The molecule has 47 valence electrons. The molecule has 3 heteroatoms. The van der Waals surface area contributed by atoms with E-state index in [1.807, 2.05) is 0 Å². The molecule has 0 bridgehead atoms. The van der Waals surface area contributed by atoms with E-state index >= 15 is 0 Å². The van der Waals surface area contributed by atoms with Crippen LogP contribution in [0.5, 0.6) is 0 Å². The summed E-state index contributed by atoms with van der Waals surface area (Å²) in [6.45, 7) is 0. The van der Waals surface area contributed by atoms with Gasteiger partial charge in [0.15, 0.2) is 0 Å². The highest BCUT2D eigenvalue weighted by atomic mass is 35.5. The SMILES string of the molecule is Nc1[c]ccc(Cl)c1Cl. The second-order valence-electron chi connectivity index (χ2n) is 1.55. The van der Waals surface area contributed by atoms with Crippen molar-refractivity contribution in [2.45, 2.75) is 0 Å². The number of nitrogens with two attached hydrogens (primary N) is 1. The lowest BCUT2D eigenvalue weighted by molar-refractivity contribution is 1.67. The lowest BCUT2D eigenvalue weighted by atomic mass is 10.3. The third-order valence-electron chi connectivity index (χ3n) is 0.915. The monoisotopic (exact) mass is 160 g/mol. The minimum absolute atomic E-state index is 0.374. The Balaban J connectivity index is 3.25. The first-order valence-corrected chi connectivity index (χ1v) is 3.08. The average Bonchev–Trinajstić information content (AvgIpc) is 1.83. The van der Waals surface area contributed by atoms with Crippen LogP contribution in [0.25, 0.3) is 0 Å². The van der Waals surface area contributed by atoms with Gasteiger partial charge in [-0.15, -0.1) is 0 Å². The molecule has 0 fully saturated rings. The zero-order chi connectivity index (χ0) is 6.85. The number of rotatable bonds is 0. The third-order valence-corrected chi connectivity index (χ3v) is 1.73. The molecule has 0 aliphatic heterocycles. The Hall–Kier alpha value is -0.400. The highest BCUT2D eigenvalue weighted by Crippen LogP contribution is 2.26. The molecule has 0 aliphatic carbocycles. The summed E-state index contributed by atoms with van der Waals surface area (Å²) in [5.74, 6) is 0. The highest BCUT2D eigenvalue weighted by Gasteiger charge is 1.98. The molecule has 0 saturated carbocycles. The van der Waals surface area contributed by atoms with Crippen molar-refractivity contribution < 1.29 is 0 Å². The van der Waals surface area contributed by atoms with E-state index in [2.05, 4.69) is 6.07 Å². The quantitative estimate of drug-likeness (QED) is 0.580. The Morgan fingerprint density at radius 2 is 2.11 bits per heavy atom. The van der Waals surface area contributed by atoms with Gasteiger partial charge in [0.25, 0.3) is 0 Å². The van der Waals surface area contributed by atoms with Crippen molar-refractivity contribution in [3.63, 3.8) is 0 Å². The zero-order valence-corrected chi connectivity index (χ0v) is 6.00. The first kappa shape index (κ1) is 6.72. The fraction of sp³-hybridized carbons (Fsp3) is 0. The van der Waals surface area contributed by atoms with E-state index in [1.165, 1.54) is 0 Å². The van der Waals surface area contributed by atoms with E-state index < -0.39 is 0 Å². The van der Waals surface area contributed by atoms with Gasteiger partial charge in [0.1, 0.15) is 0 Å². The maximum Gasteiger partial charge on any atom is 0.0827 e. The lowest BCUT2D eigenvalue weighted by Gasteiger charge is -1.95. The molecule has 2 N–H and O–H groups in total. The van der Waals surface area contributed by atoms with E-state index in [9.17, 15) is 0 Å². The molecule has 0 atom stereocenters. The standard InChI is InChI=1S/C6H4Cl2N/c7-4-2-1-3-5(9)6(4)8/h1-2H,9H2. The first-order chi connectivity index (χ1) is 4.22. The molecule has 1 radical (unpaired) electrons. The van der Waals surface area contributed by atoms with Crippen LogP contribution in [0.4, 0.5) is 5.69 Å². The molecule has 1 aromatic rings. The molecule has 9 heavy (non-hydrogen) atoms. The van der Waals surface area contributed by atoms with Gasteiger partial charge in [0.2, 0.25) is 0 Å². The number of hydrogen-bond donors (Lipinski definition) is 1. The molecule has 1 rings (SSSR count). The summed E-state index contributed by atoms with van der Waals surface area (Å²) < 4.78 is 0. The first-order valence-electron chi connectivity index (χ1n) is 2.33. The summed E-state index contributed by atoms with van der Waals surface area (Å²) in [4.78, 5) is 0. The number of halogens is 2. The fourth-order valence-corrected chi connectivity index (χ4v) is 0.752. The number of hydrogen-bond acceptors (Lipinski definition) is 1. The van der Waals surface area contributed by atoms with Crippen LogP contribution < -0.4 is 5.73 Å². The van der Waals surface area contributed by atoms with Crippen LogP contribution in [0, 0.1) is 6.07 Å². The molecule has 1 nitrogen and oxygen atoms in total. The summed E-state index contributed by atoms with van der Waals surface area (Å²) in [7, 11) is 0. The fourth-order valence-electron chi connectivity index (χ4n) is 0.470. The Bertz CT molecular complexity index is 202. The summed E-state index contributed by atoms with van der Waals surface area (Å²) >= 11 is 11.2. The van der Waals surface area contributed by atoms with Gasteiger partial charge in [-0.25, -0.2) is 0 Å². The van der Waals surface area contributed by atoms with Gasteiger partial charge < -0.3 is 5.73 Å². The van der Waals surface area contributed by atoms with Gasteiger partial charge >= 0.3 is 0 Å². The van der Waals surface area contributed by atoms with Crippen LogP contribution in [0.1, 0.15) is 0 Å². The Labute approximate surface area is 63.4 Å². The van der Waals surface area contributed by atoms with E-state index in [-0.39, 0.29) is 0 Å². The van der Waals surface area contributed by atoms with E-state index in [4.69, 9.17) is 28.9 Å². The zero-order valence-electron chi connectivity index (χ0n) is 4.49. The van der Waals surface area contributed by atoms with Crippen molar-refractivity contribution in [2.24, 2.45) is 0 Å². The van der Waals surface area contributed by atoms with Crippen LogP contribution in [0.3, 0.4) is 0 Å². The summed E-state index contributed by atoms with van der Waals surface area (Å²) in [5, 5.41) is 0.840. The average molecular weight is 161 g/mol.